The molecule has 1 aliphatic rings. The molecule has 0 bridgehead atoms. The molecule has 2 heterocycles. The van der Waals surface area contributed by atoms with Gasteiger partial charge >= 0.3 is 12.1 Å². The summed E-state index contributed by atoms with van der Waals surface area (Å²) >= 11 is 0. The molecule has 1 N–H and O–H groups in total. The number of rotatable bonds is 1. The lowest BCUT2D eigenvalue weighted by atomic mass is 10.2. The number of halogens is 3. The van der Waals surface area contributed by atoms with Gasteiger partial charge in [-0.3, -0.25) is 4.79 Å². The van der Waals surface area contributed by atoms with Crippen molar-refractivity contribution in [3.63, 3.8) is 0 Å². The predicted octanol–water partition coefficient (Wildman–Crippen LogP) is 2.47. The van der Waals surface area contributed by atoms with E-state index in [2.05, 4.69) is 4.98 Å². The zero-order valence-electron chi connectivity index (χ0n) is 10.7. The van der Waals surface area contributed by atoms with Crippen molar-refractivity contribution in [2.75, 3.05) is 0 Å². The fourth-order valence-electron chi connectivity index (χ4n) is 2.52. The molecule has 0 saturated heterocycles. The van der Waals surface area contributed by atoms with Gasteiger partial charge in [-0.1, -0.05) is 6.07 Å². The Hall–Kier alpha value is -2.05. The van der Waals surface area contributed by atoms with Crippen LogP contribution in [0.3, 0.4) is 0 Å². The number of carbonyl (C=O) groups excluding carboxylic acids is 1. The second-order valence-electron chi connectivity index (χ2n) is 4.93. The molecule has 0 unspecified atom stereocenters. The molecule has 7 heteroatoms. The number of benzene rings is 1. The Morgan fingerprint density at radius 1 is 1.45 bits per heavy atom. The van der Waals surface area contributed by atoms with Gasteiger partial charge in [0.2, 0.25) is 0 Å². The van der Waals surface area contributed by atoms with Gasteiger partial charge in [0, 0.05) is 6.54 Å². The highest BCUT2D eigenvalue weighted by molar-refractivity contribution is 5.82. The summed E-state index contributed by atoms with van der Waals surface area (Å²) in [5.41, 5.74) is 2.68. The van der Waals surface area contributed by atoms with Gasteiger partial charge in [0.15, 0.2) is 0 Å². The lowest BCUT2D eigenvalue weighted by molar-refractivity contribution is -0.174. The number of imidazole rings is 1. The number of aromatic nitrogens is 2. The molecule has 0 fully saturated rings. The Morgan fingerprint density at radius 2 is 2.20 bits per heavy atom. The topological polar surface area (TPSA) is 46.9 Å². The third kappa shape index (κ3) is 2.03. The molecule has 0 aliphatic carbocycles. The molecule has 0 saturated carbocycles. The maximum Gasteiger partial charge on any atom is 0.471 e. The van der Waals surface area contributed by atoms with Gasteiger partial charge < -0.3 is 9.88 Å². The first kappa shape index (κ1) is 13.0. The summed E-state index contributed by atoms with van der Waals surface area (Å²) in [6.07, 6.45) is -4.44. The van der Waals surface area contributed by atoms with E-state index in [9.17, 15) is 18.0 Å². The predicted molar refractivity (Wildman–Crippen MR) is 66.0 cm³/mol. The Morgan fingerprint density at radius 3 is 2.90 bits per heavy atom. The van der Waals surface area contributed by atoms with Crippen molar-refractivity contribution in [1.82, 2.24) is 14.9 Å². The quantitative estimate of drug-likeness (QED) is 0.874. The van der Waals surface area contributed by atoms with Crippen LogP contribution in [-0.2, 0) is 11.3 Å². The Balaban J connectivity index is 1.94. The molecule has 4 nitrogen and oxygen atoms in total. The molecule has 0 spiro atoms. The first-order valence-electron chi connectivity index (χ1n) is 6.21. The minimum Gasteiger partial charge on any atom is -0.338 e. The fraction of sp³-hybridized carbons (Fsp3) is 0.385. The van der Waals surface area contributed by atoms with Crippen molar-refractivity contribution in [3.8, 4) is 0 Å². The lowest BCUT2D eigenvalue weighted by Gasteiger charge is -2.12. The van der Waals surface area contributed by atoms with Crippen LogP contribution in [0.4, 0.5) is 13.2 Å². The van der Waals surface area contributed by atoms with Gasteiger partial charge in [-0.25, -0.2) is 4.98 Å². The van der Waals surface area contributed by atoms with Gasteiger partial charge in [-0.05, 0) is 31.0 Å². The number of amides is 1. The molecular formula is C13H12F3N3O. The summed E-state index contributed by atoms with van der Waals surface area (Å²) in [6, 6.07) is 4.99. The number of alkyl halides is 3. The number of fused-ring (bicyclic) bond motifs is 3. The van der Waals surface area contributed by atoms with E-state index in [0.29, 0.717) is 18.8 Å². The highest BCUT2D eigenvalue weighted by atomic mass is 19.4. The molecule has 1 aromatic carbocycles. The molecule has 1 aliphatic heterocycles. The van der Waals surface area contributed by atoms with Gasteiger partial charge in [0.05, 0.1) is 17.1 Å². The van der Waals surface area contributed by atoms with Crippen molar-refractivity contribution in [3.05, 3.63) is 29.6 Å². The van der Waals surface area contributed by atoms with E-state index in [4.69, 9.17) is 0 Å². The van der Waals surface area contributed by atoms with Crippen LogP contribution in [0.25, 0.3) is 11.0 Å². The molecule has 1 aromatic heterocycles. The number of hydrogen-bond acceptors (Lipinski definition) is 2. The number of nitrogens with zero attached hydrogens (tertiary/aromatic N) is 2. The van der Waals surface area contributed by atoms with Gasteiger partial charge in [-0.2, -0.15) is 13.2 Å². The molecule has 0 radical (unpaired) electrons. The van der Waals surface area contributed by atoms with E-state index < -0.39 is 18.1 Å². The molecule has 1 atom stereocenters. The van der Waals surface area contributed by atoms with Crippen LogP contribution in [0.2, 0.25) is 0 Å². The van der Waals surface area contributed by atoms with Crippen molar-refractivity contribution >= 4 is 16.9 Å². The van der Waals surface area contributed by atoms with Gasteiger partial charge in [0.1, 0.15) is 5.82 Å². The van der Waals surface area contributed by atoms with Crippen molar-refractivity contribution < 1.29 is 18.0 Å². The van der Waals surface area contributed by atoms with E-state index in [1.54, 1.807) is 0 Å². The van der Waals surface area contributed by atoms with Crippen LogP contribution >= 0.6 is 0 Å². The minimum absolute atomic E-state index is 0.425. The zero-order chi connectivity index (χ0) is 14.5. The SMILES string of the molecule is Cc1ccc2nc3n(c2c1)CC[C@H]3NC(=O)C(F)(F)F. The van der Waals surface area contributed by atoms with Crippen LogP contribution in [0, 0.1) is 6.92 Å². The van der Waals surface area contributed by atoms with Crippen LogP contribution in [0.1, 0.15) is 23.9 Å². The van der Waals surface area contributed by atoms with Crippen LogP contribution in [-0.4, -0.2) is 21.6 Å². The maximum atomic E-state index is 12.3. The summed E-state index contributed by atoms with van der Waals surface area (Å²) in [5, 5.41) is 2.00. The monoisotopic (exact) mass is 283 g/mol. The summed E-state index contributed by atoms with van der Waals surface area (Å²) < 4.78 is 38.8. The number of hydrogen-bond donors (Lipinski definition) is 1. The average Bonchev–Trinajstić information content (AvgIpc) is 2.88. The molecule has 1 amide bonds. The normalized spacial score (nSPS) is 18.3. The number of nitrogens with one attached hydrogen (secondary N) is 1. The third-order valence-electron chi connectivity index (χ3n) is 3.45. The van der Waals surface area contributed by atoms with Gasteiger partial charge in [-0.15, -0.1) is 0 Å². The fourth-order valence-corrected chi connectivity index (χ4v) is 2.52. The van der Waals surface area contributed by atoms with E-state index >= 15 is 0 Å². The zero-order valence-corrected chi connectivity index (χ0v) is 10.7. The van der Waals surface area contributed by atoms with E-state index in [-0.39, 0.29) is 0 Å². The largest absolute Gasteiger partial charge is 0.471 e. The van der Waals surface area contributed by atoms with Crippen molar-refractivity contribution in [1.29, 1.82) is 0 Å². The highest BCUT2D eigenvalue weighted by Gasteiger charge is 2.41. The van der Waals surface area contributed by atoms with E-state index in [1.807, 2.05) is 35.0 Å². The van der Waals surface area contributed by atoms with E-state index in [0.717, 1.165) is 16.6 Å². The first-order chi connectivity index (χ1) is 9.36. The van der Waals surface area contributed by atoms with Crippen molar-refractivity contribution in [2.45, 2.75) is 32.1 Å². The Bertz CT molecular complexity index is 690. The Kier molecular flexibility index (Phi) is 2.74. The molecule has 2 aromatic rings. The Labute approximate surface area is 112 Å². The molecule has 106 valence electrons. The third-order valence-corrected chi connectivity index (χ3v) is 3.45. The van der Waals surface area contributed by atoms with Crippen LogP contribution in [0.5, 0.6) is 0 Å². The minimum atomic E-state index is -4.87. The second kappa shape index (κ2) is 4.22. The summed E-state index contributed by atoms with van der Waals surface area (Å²) in [6.45, 7) is 2.50. The van der Waals surface area contributed by atoms with Crippen LogP contribution in [0.15, 0.2) is 18.2 Å². The lowest BCUT2D eigenvalue weighted by Crippen LogP contribution is -2.38. The smallest absolute Gasteiger partial charge is 0.338 e. The highest BCUT2D eigenvalue weighted by Crippen LogP contribution is 2.31. The maximum absolute atomic E-state index is 12.3. The van der Waals surface area contributed by atoms with Gasteiger partial charge in [0.25, 0.3) is 0 Å². The second-order valence-corrected chi connectivity index (χ2v) is 4.93. The number of carbonyl (C=O) groups is 1. The number of aryl methyl sites for hydroxylation is 2. The first-order valence-corrected chi connectivity index (χ1v) is 6.21. The summed E-state index contributed by atoms with van der Waals surface area (Å²) in [7, 11) is 0. The van der Waals surface area contributed by atoms with Crippen molar-refractivity contribution in [2.24, 2.45) is 0 Å². The molecular weight excluding hydrogens is 271 g/mol. The molecule has 3 rings (SSSR count). The molecule has 20 heavy (non-hydrogen) atoms. The summed E-state index contributed by atoms with van der Waals surface area (Å²) in [5.74, 6) is -1.43. The van der Waals surface area contributed by atoms with E-state index in [1.165, 1.54) is 0 Å². The average molecular weight is 283 g/mol. The summed E-state index contributed by atoms with van der Waals surface area (Å²) in [4.78, 5) is 15.4. The van der Waals surface area contributed by atoms with Crippen LogP contribution < -0.4 is 5.32 Å². The standard InChI is InChI=1S/C13H12F3N3O/c1-7-2-3-8-10(6-7)19-5-4-9(11(19)17-8)18-12(20)13(14,15)16/h2-3,6,9H,4-5H2,1H3,(H,18,20)/t9-/m1/s1.